The number of ether oxygens (including phenoxy) is 1. The Balaban J connectivity index is 2.44. The summed E-state index contributed by atoms with van der Waals surface area (Å²) in [6, 6.07) is 1.55. The zero-order valence-electron chi connectivity index (χ0n) is 12.6. The lowest BCUT2D eigenvalue weighted by Gasteiger charge is -2.27. The first-order valence-electron chi connectivity index (χ1n) is 7.02. The summed E-state index contributed by atoms with van der Waals surface area (Å²) in [7, 11) is 0. The molecule has 4 heteroatoms. The highest BCUT2D eigenvalue weighted by Gasteiger charge is 2.19. The standard InChI is InChI=1S/C16H23F3O/c1-11(2)20-16(3,4)8-6-5-7-12-9-14(18)15(19)10-13(12)17/h9-11H,5-8H2,1-4H3. The van der Waals surface area contributed by atoms with Gasteiger partial charge in [0, 0.05) is 6.07 Å². The minimum absolute atomic E-state index is 0.161. The van der Waals surface area contributed by atoms with Crippen LogP contribution in [-0.4, -0.2) is 11.7 Å². The average Bonchev–Trinajstić information content (AvgIpc) is 2.29. The minimum Gasteiger partial charge on any atom is -0.373 e. The van der Waals surface area contributed by atoms with E-state index in [9.17, 15) is 13.2 Å². The molecule has 0 heterocycles. The highest BCUT2D eigenvalue weighted by atomic mass is 19.2. The van der Waals surface area contributed by atoms with E-state index in [1.165, 1.54) is 0 Å². The zero-order chi connectivity index (χ0) is 15.3. The van der Waals surface area contributed by atoms with Crippen molar-refractivity contribution in [2.45, 2.75) is 65.1 Å². The summed E-state index contributed by atoms with van der Waals surface area (Å²) in [5.41, 5.74) is 0.00676. The van der Waals surface area contributed by atoms with E-state index in [1.54, 1.807) is 0 Å². The van der Waals surface area contributed by atoms with Gasteiger partial charge in [0.2, 0.25) is 0 Å². The van der Waals surface area contributed by atoms with Gasteiger partial charge in [-0.05, 0) is 58.6 Å². The summed E-state index contributed by atoms with van der Waals surface area (Å²) in [6.45, 7) is 8.01. The van der Waals surface area contributed by atoms with Crippen molar-refractivity contribution in [3.63, 3.8) is 0 Å². The second kappa shape index (κ2) is 7.11. The Bertz CT molecular complexity index is 442. The van der Waals surface area contributed by atoms with Gasteiger partial charge in [-0.25, -0.2) is 13.2 Å². The van der Waals surface area contributed by atoms with E-state index in [-0.39, 0.29) is 17.3 Å². The maximum atomic E-state index is 13.4. The first-order valence-corrected chi connectivity index (χ1v) is 7.02. The van der Waals surface area contributed by atoms with Crippen LogP contribution in [0.4, 0.5) is 13.2 Å². The van der Waals surface area contributed by atoms with E-state index in [2.05, 4.69) is 0 Å². The van der Waals surface area contributed by atoms with E-state index in [0.717, 1.165) is 18.9 Å². The first-order chi connectivity index (χ1) is 9.21. The van der Waals surface area contributed by atoms with Crippen molar-refractivity contribution in [1.29, 1.82) is 0 Å². The predicted octanol–water partition coefficient (Wildman–Crippen LogP) is 5.02. The fourth-order valence-corrected chi connectivity index (χ4v) is 2.32. The number of halogens is 3. The molecule has 0 bridgehead atoms. The fourth-order valence-electron chi connectivity index (χ4n) is 2.32. The van der Waals surface area contributed by atoms with Gasteiger partial charge in [-0.15, -0.1) is 0 Å². The molecule has 1 aromatic carbocycles. The van der Waals surface area contributed by atoms with Crippen molar-refractivity contribution in [2.75, 3.05) is 0 Å². The Hall–Kier alpha value is -1.03. The van der Waals surface area contributed by atoms with Crippen LogP contribution in [0.5, 0.6) is 0 Å². The number of hydrogen-bond acceptors (Lipinski definition) is 1. The molecule has 0 aliphatic heterocycles. The number of aryl methyl sites for hydroxylation is 1. The smallest absolute Gasteiger partial charge is 0.161 e. The molecule has 0 saturated carbocycles. The Morgan fingerprint density at radius 1 is 1.00 bits per heavy atom. The SMILES string of the molecule is CC(C)OC(C)(C)CCCCc1cc(F)c(F)cc1F. The van der Waals surface area contributed by atoms with Crippen LogP contribution in [0.1, 0.15) is 52.5 Å². The monoisotopic (exact) mass is 288 g/mol. The van der Waals surface area contributed by atoms with Gasteiger partial charge in [-0.2, -0.15) is 0 Å². The molecule has 1 nitrogen and oxygen atoms in total. The maximum Gasteiger partial charge on any atom is 0.161 e. The minimum atomic E-state index is -1.14. The quantitative estimate of drug-likeness (QED) is 0.505. The topological polar surface area (TPSA) is 9.23 Å². The Kier molecular flexibility index (Phi) is 6.06. The molecule has 0 unspecified atom stereocenters. The summed E-state index contributed by atoms with van der Waals surface area (Å²) in [4.78, 5) is 0. The van der Waals surface area contributed by atoms with Crippen LogP contribution < -0.4 is 0 Å². The second-order valence-corrected chi connectivity index (χ2v) is 5.99. The van der Waals surface area contributed by atoms with Crippen LogP contribution in [0.3, 0.4) is 0 Å². The Morgan fingerprint density at radius 3 is 2.20 bits per heavy atom. The third kappa shape index (κ3) is 5.53. The molecule has 114 valence electrons. The van der Waals surface area contributed by atoms with E-state index in [1.807, 2.05) is 27.7 Å². The lowest BCUT2D eigenvalue weighted by atomic mass is 9.98. The van der Waals surface area contributed by atoms with Crippen molar-refractivity contribution in [1.82, 2.24) is 0 Å². The zero-order valence-corrected chi connectivity index (χ0v) is 12.6. The largest absolute Gasteiger partial charge is 0.373 e. The molecule has 0 N–H and O–H groups in total. The van der Waals surface area contributed by atoms with Crippen molar-refractivity contribution < 1.29 is 17.9 Å². The first kappa shape index (κ1) is 17.0. The molecule has 0 saturated heterocycles. The van der Waals surface area contributed by atoms with E-state index >= 15 is 0 Å². The molecule has 20 heavy (non-hydrogen) atoms. The van der Waals surface area contributed by atoms with Crippen LogP contribution in [0.25, 0.3) is 0 Å². The van der Waals surface area contributed by atoms with Crippen molar-refractivity contribution >= 4 is 0 Å². The van der Waals surface area contributed by atoms with Crippen molar-refractivity contribution in [3.8, 4) is 0 Å². The van der Waals surface area contributed by atoms with E-state index in [0.29, 0.717) is 18.9 Å². The predicted molar refractivity (Wildman–Crippen MR) is 74.2 cm³/mol. The molecule has 0 amide bonds. The summed E-state index contributed by atoms with van der Waals surface area (Å²) in [6.07, 6.45) is 2.97. The van der Waals surface area contributed by atoms with E-state index in [4.69, 9.17) is 4.74 Å². The normalized spacial score (nSPS) is 12.2. The van der Waals surface area contributed by atoms with Crippen LogP contribution in [0.15, 0.2) is 12.1 Å². The molecule has 0 radical (unpaired) electrons. The van der Waals surface area contributed by atoms with Crippen LogP contribution in [0, 0.1) is 17.5 Å². The van der Waals surface area contributed by atoms with Crippen molar-refractivity contribution in [3.05, 3.63) is 35.1 Å². The molecular weight excluding hydrogens is 265 g/mol. The molecule has 1 aromatic rings. The molecule has 0 aliphatic carbocycles. The molecule has 0 aromatic heterocycles. The van der Waals surface area contributed by atoms with Gasteiger partial charge in [0.05, 0.1) is 11.7 Å². The van der Waals surface area contributed by atoms with Crippen LogP contribution in [-0.2, 0) is 11.2 Å². The van der Waals surface area contributed by atoms with E-state index < -0.39 is 17.5 Å². The number of hydrogen-bond donors (Lipinski definition) is 0. The lowest BCUT2D eigenvalue weighted by molar-refractivity contribution is -0.0614. The third-order valence-corrected chi connectivity index (χ3v) is 3.12. The molecule has 0 fully saturated rings. The van der Waals surface area contributed by atoms with Gasteiger partial charge in [0.1, 0.15) is 5.82 Å². The van der Waals surface area contributed by atoms with Gasteiger partial charge in [-0.1, -0.05) is 6.42 Å². The summed E-state index contributed by atoms with van der Waals surface area (Å²) in [5.74, 6) is -2.82. The van der Waals surface area contributed by atoms with Crippen LogP contribution >= 0.6 is 0 Å². The molecule has 0 atom stereocenters. The van der Waals surface area contributed by atoms with Gasteiger partial charge in [-0.3, -0.25) is 0 Å². The van der Waals surface area contributed by atoms with Crippen molar-refractivity contribution in [2.24, 2.45) is 0 Å². The Morgan fingerprint density at radius 2 is 1.60 bits per heavy atom. The highest BCUT2D eigenvalue weighted by molar-refractivity contribution is 5.20. The summed E-state index contributed by atoms with van der Waals surface area (Å²) in [5, 5.41) is 0. The number of rotatable bonds is 7. The Labute approximate surface area is 119 Å². The summed E-state index contributed by atoms with van der Waals surface area (Å²) >= 11 is 0. The molecule has 0 aliphatic rings. The average molecular weight is 288 g/mol. The lowest BCUT2D eigenvalue weighted by Crippen LogP contribution is -2.27. The van der Waals surface area contributed by atoms with Gasteiger partial charge in [0.15, 0.2) is 11.6 Å². The highest BCUT2D eigenvalue weighted by Crippen LogP contribution is 2.22. The second-order valence-electron chi connectivity index (χ2n) is 5.99. The van der Waals surface area contributed by atoms with Gasteiger partial charge >= 0.3 is 0 Å². The number of benzene rings is 1. The van der Waals surface area contributed by atoms with Gasteiger partial charge < -0.3 is 4.74 Å². The van der Waals surface area contributed by atoms with Crippen LogP contribution in [0.2, 0.25) is 0 Å². The third-order valence-electron chi connectivity index (χ3n) is 3.12. The molecular formula is C16H23F3O. The molecule has 1 rings (SSSR count). The van der Waals surface area contributed by atoms with Gasteiger partial charge in [0.25, 0.3) is 0 Å². The fraction of sp³-hybridized carbons (Fsp3) is 0.625. The maximum absolute atomic E-state index is 13.4. The molecule has 0 spiro atoms. The number of unbranched alkanes of at least 4 members (excludes halogenated alkanes) is 1. The summed E-state index contributed by atoms with van der Waals surface area (Å²) < 4.78 is 45.0.